The van der Waals surface area contributed by atoms with Gasteiger partial charge < -0.3 is 9.84 Å². The third kappa shape index (κ3) is 5.68. The number of benzene rings is 2. The van der Waals surface area contributed by atoms with E-state index in [2.05, 4.69) is 15.5 Å². The summed E-state index contributed by atoms with van der Waals surface area (Å²) in [5.74, 6) is -0.0637. The van der Waals surface area contributed by atoms with Gasteiger partial charge in [-0.05, 0) is 61.7 Å². The summed E-state index contributed by atoms with van der Waals surface area (Å²) >= 11 is 0. The van der Waals surface area contributed by atoms with Crippen LogP contribution < -0.4 is 5.32 Å². The summed E-state index contributed by atoms with van der Waals surface area (Å²) in [5, 5.41) is 6.62. The molecular formula is C24H27FN4O4S. The monoisotopic (exact) mass is 486 g/mol. The summed E-state index contributed by atoms with van der Waals surface area (Å²) < 4.78 is 46.2. The lowest BCUT2D eigenvalue weighted by Crippen LogP contribution is -2.32. The summed E-state index contributed by atoms with van der Waals surface area (Å²) in [4.78, 5) is 16.9. The number of hydrogen-bond donors (Lipinski definition) is 1. The normalized spacial score (nSPS) is 15.1. The third-order valence-corrected chi connectivity index (χ3v) is 7.83. The van der Waals surface area contributed by atoms with Crippen molar-refractivity contribution in [1.82, 2.24) is 14.4 Å². The molecule has 1 aliphatic rings. The third-order valence-electron chi connectivity index (χ3n) is 5.79. The van der Waals surface area contributed by atoms with Crippen molar-refractivity contribution in [3.63, 3.8) is 0 Å². The molecule has 0 spiro atoms. The molecular weight excluding hydrogens is 459 g/mol. The molecule has 8 nitrogen and oxygen atoms in total. The molecule has 0 atom stereocenters. The van der Waals surface area contributed by atoms with Crippen LogP contribution in [0.2, 0.25) is 0 Å². The Morgan fingerprint density at radius 3 is 2.50 bits per heavy atom. The molecule has 180 valence electrons. The molecule has 0 bridgehead atoms. The van der Waals surface area contributed by atoms with Gasteiger partial charge in [-0.2, -0.15) is 9.29 Å². The summed E-state index contributed by atoms with van der Waals surface area (Å²) in [6.45, 7) is 2.79. The number of nitrogens with zero attached hydrogens (tertiary/aromatic N) is 3. The van der Waals surface area contributed by atoms with Gasteiger partial charge in [-0.25, -0.2) is 12.8 Å². The van der Waals surface area contributed by atoms with E-state index >= 15 is 0 Å². The number of sulfonamides is 1. The van der Waals surface area contributed by atoms with Crippen LogP contribution in [0.4, 0.5) is 10.1 Å². The molecule has 2 heterocycles. The van der Waals surface area contributed by atoms with Crippen molar-refractivity contribution in [2.24, 2.45) is 0 Å². The van der Waals surface area contributed by atoms with E-state index in [4.69, 9.17) is 4.52 Å². The van der Waals surface area contributed by atoms with Crippen molar-refractivity contribution in [2.75, 3.05) is 18.4 Å². The number of carbonyl (C=O) groups is 1. The Morgan fingerprint density at radius 1 is 1.09 bits per heavy atom. The first-order chi connectivity index (χ1) is 16.3. The summed E-state index contributed by atoms with van der Waals surface area (Å²) in [6, 6.07) is 10.6. The van der Waals surface area contributed by atoms with Crippen LogP contribution in [0, 0.1) is 12.7 Å². The van der Waals surface area contributed by atoms with Gasteiger partial charge in [0.15, 0.2) is 0 Å². The minimum absolute atomic E-state index is 0.0765. The van der Waals surface area contributed by atoms with Crippen LogP contribution in [0.5, 0.6) is 0 Å². The minimum Gasteiger partial charge on any atom is -0.339 e. The van der Waals surface area contributed by atoms with Crippen molar-refractivity contribution in [2.45, 2.75) is 50.3 Å². The average molecular weight is 487 g/mol. The zero-order valence-electron chi connectivity index (χ0n) is 19.0. The summed E-state index contributed by atoms with van der Waals surface area (Å²) in [6.07, 6.45) is 4.07. The van der Waals surface area contributed by atoms with E-state index in [1.165, 1.54) is 18.2 Å². The number of anilines is 1. The summed E-state index contributed by atoms with van der Waals surface area (Å²) in [7, 11) is -3.63. The second-order valence-corrected chi connectivity index (χ2v) is 10.3. The van der Waals surface area contributed by atoms with Crippen LogP contribution in [-0.2, 0) is 21.2 Å². The second kappa shape index (κ2) is 10.4. The molecule has 1 fully saturated rings. The Balaban J connectivity index is 1.39. The Morgan fingerprint density at radius 2 is 1.79 bits per heavy atom. The zero-order chi connectivity index (χ0) is 24.1. The number of rotatable bonds is 7. The van der Waals surface area contributed by atoms with E-state index < -0.39 is 10.0 Å². The predicted molar refractivity (Wildman–Crippen MR) is 125 cm³/mol. The predicted octanol–water partition coefficient (Wildman–Crippen LogP) is 4.32. The molecule has 2 aromatic carbocycles. The van der Waals surface area contributed by atoms with Gasteiger partial charge in [0.05, 0.1) is 4.90 Å². The zero-order valence-corrected chi connectivity index (χ0v) is 19.8. The molecule has 0 unspecified atom stereocenters. The molecule has 4 rings (SSSR count). The molecule has 3 aromatic rings. The number of aryl methyl sites for hydroxylation is 2. The van der Waals surface area contributed by atoms with Crippen molar-refractivity contribution < 1.29 is 22.1 Å². The smallest absolute Gasteiger partial charge is 0.243 e. The lowest BCUT2D eigenvalue weighted by Gasteiger charge is -2.21. The van der Waals surface area contributed by atoms with E-state index in [0.29, 0.717) is 35.7 Å². The van der Waals surface area contributed by atoms with Gasteiger partial charge in [0.25, 0.3) is 0 Å². The Bertz CT molecular complexity index is 1250. The van der Waals surface area contributed by atoms with Gasteiger partial charge in [0.1, 0.15) is 5.82 Å². The van der Waals surface area contributed by atoms with Crippen LogP contribution in [0.15, 0.2) is 51.9 Å². The molecule has 0 saturated carbocycles. The highest BCUT2D eigenvalue weighted by Crippen LogP contribution is 2.26. The van der Waals surface area contributed by atoms with Crippen LogP contribution in [0.25, 0.3) is 11.4 Å². The van der Waals surface area contributed by atoms with Crippen LogP contribution in [0.1, 0.15) is 43.6 Å². The van der Waals surface area contributed by atoms with Crippen LogP contribution in [0.3, 0.4) is 0 Å². The molecule has 1 N–H and O–H groups in total. The van der Waals surface area contributed by atoms with Crippen molar-refractivity contribution in [3.8, 4) is 11.4 Å². The number of aromatic nitrogens is 2. The van der Waals surface area contributed by atoms with Gasteiger partial charge in [-0.3, -0.25) is 4.79 Å². The molecule has 0 radical (unpaired) electrons. The van der Waals surface area contributed by atoms with Gasteiger partial charge in [0.2, 0.25) is 27.6 Å². The number of carbonyl (C=O) groups excluding carboxylic acids is 1. The van der Waals surface area contributed by atoms with Gasteiger partial charge >= 0.3 is 0 Å². The lowest BCUT2D eigenvalue weighted by molar-refractivity contribution is -0.116. The maximum atomic E-state index is 13.2. The maximum Gasteiger partial charge on any atom is 0.243 e. The fraction of sp³-hybridized carbons (Fsp3) is 0.375. The van der Waals surface area contributed by atoms with E-state index in [-0.39, 0.29) is 35.4 Å². The van der Waals surface area contributed by atoms with E-state index in [1.807, 2.05) is 0 Å². The first-order valence-corrected chi connectivity index (χ1v) is 12.8. The van der Waals surface area contributed by atoms with E-state index in [0.717, 1.165) is 25.7 Å². The van der Waals surface area contributed by atoms with Gasteiger partial charge in [0, 0.05) is 37.2 Å². The topological polar surface area (TPSA) is 105 Å². The number of amides is 1. The van der Waals surface area contributed by atoms with Crippen LogP contribution in [-0.4, -0.2) is 41.9 Å². The number of nitrogens with one attached hydrogen (secondary N) is 1. The second-order valence-electron chi connectivity index (χ2n) is 8.37. The Hall–Kier alpha value is -3.11. The SMILES string of the molecule is Cc1ccc(NC(=O)CCc2nc(-c3ccc(F)cc3)no2)cc1S(=O)(=O)N1CCCCCC1. The summed E-state index contributed by atoms with van der Waals surface area (Å²) in [5.41, 5.74) is 1.67. The van der Waals surface area contributed by atoms with E-state index in [9.17, 15) is 17.6 Å². The van der Waals surface area contributed by atoms with Gasteiger partial charge in [-0.1, -0.05) is 24.1 Å². The molecule has 1 aromatic heterocycles. The quantitative estimate of drug-likeness (QED) is 0.533. The van der Waals surface area contributed by atoms with Crippen molar-refractivity contribution in [1.29, 1.82) is 0 Å². The standard InChI is InChI=1S/C24H27FN4O4S/c1-17-6-11-20(16-21(17)34(31,32)29-14-4-2-3-5-15-29)26-22(30)12-13-23-27-24(28-33-23)18-7-9-19(25)10-8-18/h6-11,16H,2-5,12-15H2,1H3,(H,26,30). The molecule has 1 amide bonds. The highest BCUT2D eigenvalue weighted by molar-refractivity contribution is 7.89. The minimum atomic E-state index is -3.63. The highest BCUT2D eigenvalue weighted by Gasteiger charge is 2.27. The van der Waals surface area contributed by atoms with E-state index in [1.54, 1.807) is 35.5 Å². The largest absolute Gasteiger partial charge is 0.339 e. The average Bonchev–Trinajstić information content (AvgIpc) is 3.11. The molecule has 1 saturated heterocycles. The van der Waals surface area contributed by atoms with Crippen LogP contribution >= 0.6 is 0 Å². The number of halogens is 1. The molecule has 0 aliphatic carbocycles. The fourth-order valence-corrected chi connectivity index (χ4v) is 5.66. The Kier molecular flexibility index (Phi) is 7.38. The highest BCUT2D eigenvalue weighted by atomic mass is 32.2. The Labute approximate surface area is 198 Å². The number of hydrogen-bond acceptors (Lipinski definition) is 6. The molecule has 10 heteroatoms. The first-order valence-electron chi connectivity index (χ1n) is 11.3. The maximum absolute atomic E-state index is 13.2. The fourth-order valence-electron chi connectivity index (χ4n) is 3.89. The first kappa shape index (κ1) is 24.0. The lowest BCUT2D eigenvalue weighted by atomic mass is 10.2. The van der Waals surface area contributed by atoms with Gasteiger partial charge in [-0.15, -0.1) is 0 Å². The van der Waals surface area contributed by atoms with Crippen molar-refractivity contribution >= 4 is 21.6 Å². The molecule has 34 heavy (non-hydrogen) atoms. The molecule has 1 aliphatic heterocycles. The van der Waals surface area contributed by atoms with Crippen molar-refractivity contribution in [3.05, 3.63) is 59.7 Å².